The standard InChI is InChI=1S/C22H22ClFN8O2S/c1-22(2,3)18-30-31-21(35-18)29-20(34)27-15-7-11(13(23)8-14(15)24)12-6-10-9-26-19(25-4)28-16(10)32(5)17(12)33/h6-9H,1-5H3,(H,25,26,28)(H2,27,29,31,34). The summed E-state index contributed by atoms with van der Waals surface area (Å²) in [5.41, 5.74) is 0.0808. The zero-order valence-corrected chi connectivity index (χ0v) is 21.1. The number of hydrogen-bond acceptors (Lipinski definition) is 8. The molecule has 10 nitrogen and oxygen atoms in total. The third-order valence-electron chi connectivity index (χ3n) is 5.05. The number of anilines is 3. The summed E-state index contributed by atoms with van der Waals surface area (Å²) in [4.78, 5) is 34.1. The van der Waals surface area contributed by atoms with Gasteiger partial charge >= 0.3 is 6.03 Å². The maximum atomic E-state index is 14.7. The molecule has 0 saturated carbocycles. The third-order valence-corrected chi connectivity index (χ3v) is 6.63. The number of hydrogen-bond donors (Lipinski definition) is 3. The van der Waals surface area contributed by atoms with E-state index < -0.39 is 17.4 Å². The minimum atomic E-state index is -0.763. The third kappa shape index (κ3) is 4.93. The normalized spacial score (nSPS) is 11.5. The van der Waals surface area contributed by atoms with Crippen LogP contribution in [0.1, 0.15) is 25.8 Å². The molecule has 182 valence electrons. The molecule has 0 saturated heterocycles. The van der Waals surface area contributed by atoms with Crippen molar-refractivity contribution in [2.24, 2.45) is 7.05 Å². The lowest BCUT2D eigenvalue weighted by Crippen LogP contribution is -2.21. The molecule has 0 fully saturated rings. The topological polar surface area (TPSA) is 127 Å². The van der Waals surface area contributed by atoms with E-state index in [1.165, 1.54) is 22.0 Å². The fourth-order valence-corrected chi connectivity index (χ4v) is 4.29. The number of urea groups is 1. The number of aryl methyl sites for hydroxylation is 1. The van der Waals surface area contributed by atoms with Crippen LogP contribution in [-0.2, 0) is 12.5 Å². The summed E-state index contributed by atoms with van der Waals surface area (Å²) in [5, 5.41) is 17.4. The van der Waals surface area contributed by atoms with E-state index in [4.69, 9.17) is 11.6 Å². The van der Waals surface area contributed by atoms with Gasteiger partial charge in [0, 0.05) is 42.2 Å². The fourth-order valence-electron chi connectivity index (χ4n) is 3.24. The largest absolute Gasteiger partial charge is 0.357 e. The van der Waals surface area contributed by atoms with Gasteiger partial charge in [0.2, 0.25) is 11.1 Å². The van der Waals surface area contributed by atoms with Gasteiger partial charge in [-0.3, -0.25) is 14.7 Å². The number of halogens is 2. The van der Waals surface area contributed by atoms with Gasteiger partial charge in [0.25, 0.3) is 5.56 Å². The van der Waals surface area contributed by atoms with E-state index in [-0.39, 0.29) is 32.4 Å². The minimum Gasteiger partial charge on any atom is -0.357 e. The molecule has 0 spiro atoms. The van der Waals surface area contributed by atoms with Crippen LogP contribution in [0.2, 0.25) is 5.02 Å². The lowest BCUT2D eigenvalue weighted by atomic mass is 9.98. The Morgan fingerprint density at radius 1 is 1.14 bits per heavy atom. The van der Waals surface area contributed by atoms with Crippen LogP contribution in [0.5, 0.6) is 0 Å². The van der Waals surface area contributed by atoms with Gasteiger partial charge in [0.1, 0.15) is 16.5 Å². The van der Waals surface area contributed by atoms with Crippen molar-refractivity contribution in [1.82, 2.24) is 24.7 Å². The molecule has 3 heterocycles. The molecule has 35 heavy (non-hydrogen) atoms. The first-order valence-electron chi connectivity index (χ1n) is 10.4. The highest BCUT2D eigenvalue weighted by Crippen LogP contribution is 2.33. The second-order valence-corrected chi connectivity index (χ2v) is 10.1. The summed E-state index contributed by atoms with van der Waals surface area (Å²) in [7, 11) is 3.24. The highest BCUT2D eigenvalue weighted by Gasteiger charge is 2.21. The fraction of sp³-hybridized carbons (Fsp3) is 0.273. The van der Waals surface area contributed by atoms with Crippen LogP contribution in [0.4, 0.5) is 26.0 Å². The lowest BCUT2D eigenvalue weighted by molar-refractivity contribution is 0.262. The summed E-state index contributed by atoms with van der Waals surface area (Å²) < 4.78 is 16.0. The van der Waals surface area contributed by atoms with Crippen LogP contribution in [-0.4, -0.2) is 37.8 Å². The quantitative estimate of drug-likeness (QED) is 0.361. The van der Waals surface area contributed by atoms with Crippen molar-refractivity contribution in [3.8, 4) is 11.1 Å². The molecule has 0 aliphatic rings. The molecule has 0 bridgehead atoms. The molecule has 0 unspecified atom stereocenters. The summed E-state index contributed by atoms with van der Waals surface area (Å²) >= 11 is 7.52. The van der Waals surface area contributed by atoms with Gasteiger partial charge in [0.05, 0.1) is 10.7 Å². The van der Waals surface area contributed by atoms with Crippen LogP contribution < -0.4 is 21.5 Å². The van der Waals surface area contributed by atoms with Crippen molar-refractivity contribution in [2.45, 2.75) is 26.2 Å². The van der Waals surface area contributed by atoms with Gasteiger partial charge in [-0.15, -0.1) is 10.2 Å². The van der Waals surface area contributed by atoms with Crippen LogP contribution in [0.15, 0.2) is 29.2 Å². The molecule has 2 amide bonds. The molecule has 4 rings (SSSR count). The first-order valence-corrected chi connectivity index (χ1v) is 11.6. The average molecular weight is 517 g/mol. The van der Waals surface area contributed by atoms with E-state index in [0.29, 0.717) is 17.0 Å². The Morgan fingerprint density at radius 2 is 1.89 bits per heavy atom. The monoisotopic (exact) mass is 516 g/mol. The second kappa shape index (κ2) is 9.19. The van der Waals surface area contributed by atoms with Gasteiger partial charge in [-0.05, 0) is 18.2 Å². The summed E-state index contributed by atoms with van der Waals surface area (Å²) in [5.74, 6) is -0.399. The van der Waals surface area contributed by atoms with Gasteiger partial charge < -0.3 is 10.6 Å². The highest BCUT2D eigenvalue weighted by molar-refractivity contribution is 7.15. The molecule has 3 aromatic heterocycles. The molecule has 4 aromatic rings. The molecule has 0 aliphatic heterocycles. The number of amides is 2. The van der Waals surface area contributed by atoms with Crippen molar-refractivity contribution in [1.29, 1.82) is 0 Å². The Balaban J connectivity index is 1.67. The molecule has 0 aliphatic carbocycles. The van der Waals surface area contributed by atoms with E-state index in [1.54, 1.807) is 26.4 Å². The molecular formula is C22H22ClFN8O2S. The minimum absolute atomic E-state index is 0.0108. The van der Waals surface area contributed by atoms with Gasteiger partial charge in [-0.2, -0.15) is 4.98 Å². The number of fused-ring (bicyclic) bond motifs is 1. The smallest absolute Gasteiger partial charge is 0.325 e. The Hall–Kier alpha value is -3.64. The summed E-state index contributed by atoms with van der Waals surface area (Å²) in [6.07, 6.45) is 1.56. The molecular weight excluding hydrogens is 495 g/mol. The van der Waals surface area contributed by atoms with Gasteiger partial charge in [-0.1, -0.05) is 43.7 Å². The highest BCUT2D eigenvalue weighted by atomic mass is 35.5. The van der Waals surface area contributed by atoms with Crippen LogP contribution in [0.3, 0.4) is 0 Å². The zero-order chi connectivity index (χ0) is 25.5. The second-order valence-electron chi connectivity index (χ2n) is 8.70. The van der Waals surface area contributed by atoms with Crippen molar-refractivity contribution in [2.75, 3.05) is 23.0 Å². The number of benzene rings is 1. The number of aromatic nitrogens is 5. The van der Waals surface area contributed by atoms with Crippen molar-refractivity contribution in [3.63, 3.8) is 0 Å². The van der Waals surface area contributed by atoms with E-state index >= 15 is 0 Å². The Labute approximate surface area is 208 Å². The van der Waals surface area contributed by atoms with Crippen LogP contribution in [0, 0.1) is 5.82 Å². The van der Waals surface area contributed by atoms with Gasteiger partial charge in [-0.25, -0.2) is 14.2 Å². The predicted molar refractivity (Wildman–Crippen MR) is 136 cm³/mol. The molecule has 0 radical (unpaired) electrons. The Bertz CT molecular complexity index is 1510. The average Bonchev–Trinajstić information content (AvgIpc) is 3.27. The Kier molecular flexibility index (Phi) is 6.43. The van der Waals surface area contributed by atoms with E-state index in [9.17, 15) is 14.0 Å². The summed E-state index contributed by atoms with van der Waals surface area (Å²) in [6.45, 7) is 5.93. The maximum Gasteiger partial charge on any atom is 0.325 e. The van der Waals surface area contributed by atoms with Crippen molar-refractivity contribution in [3.05, 3.63) is 50.6 Å². The number of pyridine rings is 1. The number of nitrogens with zero attached hydrogens (tertiary/aromatic N) is 5. The number of nitrogens with one attached hydrogen (secondary N) is 3. The molecule has 3 N–H and O–H groups in total. The lowest BCUT2D eigenvalue weighted by Gasteiger charge is -2.13. The van der Waals surface area contributed by atoms with E-state index in [0.717, 1.165) is 11.1 Å². The Morgan fingerprint density at radius 3 is 2.54 bits per heavy atom. The van der Waals surface area contributed by atoms with E-state index in [1.807, 2.05) is 20.8 Å². The molecule has 1 aromatic carbocycles. The van der Waals surface area contributed by atoms with Crippen LogP contribution >= 0.6 is 22.9 Å². The van der Waals surface area contributed by atoms with Crippen LogP contribution in [0.25, 0.3) is 22.2 Å². The molecule has 0 atom stereocenters. The zero-order valence-electron chi connectivity index (χ0n) is 19.5. The van der Waals surface area contributed by atoms with Crippen molar-refractivity contribution < 1.29 is 9.18 Å². The van der Waals surface area contributed by atoms with Crippen molar-refractivity contribution >= 4 is 56.8 Å². The number of carbonyl (C=O) groups excluding carboxylic acids is 1. The molecule has 13 heteroatoms. The number of rotatable bonds is 4. The maximum absolute atomic E-state index is 14.7. The first-order chi connectivity index (χ1) is 16.5. The van der Waals surface area contributed by atoms with Gasteiger partial charge in [0.15, 0.2) is 0 Å². The predicted octanol–water partition coefficient (Wildman–Crippen LogP) is 4.62. The van der Waals surface area contributed by atoms with E-state index in [2.05, 4.69) is 36.1 Å². The summed E-state index contributed by atoms with van der Waals surface area (Å²) in [6, 6.07) is 3.21. The number of carbonyl (C=O) groups is 1. The first kappa shape index (κ1) is 24.5. The SMILES string of the molecule is CNc1ncc2cc(-c3cc(NC(=O)Nc4nnc(C(C)(C)C)s4)c(F)cc3Cl)c(=O)n(C)c2n1.